The molecular formula is C18H28N2O3S. The first-order valence-electron chi connectivity index (χ1n) is 8.51. The van der Waals surface area contributed by atoms with Crippen molar-refractivity contribution in [2.75, 3.05) is 26.7 Å². The van der Waals surface area contributed by atoms with Crippen molar-refractivity contribution in [1.29, 1.82) is 0 Å². The number of carbonyl (C=O) groups is 2. The fraction of sp³-hybridized carbons (Fsp3) is 0.667. The lowest BCUT2D eigenvalue weighted by atomic mass is 10.0. The van der Waals surface area contributed by atoms with Crippen LogP contribution in [0.4, 0.5) is 4.79 Å². The molecule has 6 heteroatoms. The van der Waals surface area contributed by atoms with Crippen LogP contribution in [0.25, 0.3) is 0 Å². The summed E-state index contributed by atoms with van der Waals surface area (Å²) < 4.78 is 5.53. The second-order valence-electron chi connectivity index (χ2n) is 7.42. The minimum absolute atomic E-state index is 0.106. The van der Waals surface area contributed by atoms with Gasteiger partial charge in [0.25, 0.3) is 0 Å². The zero-order chi connectivity index (χ0) is 17.7. The average Bonchev–Trinajstić information content (AvgIpc) is 3.00. The van der Waals surface area contributed by atoms with Crippen molar-refractivity contribution >= 4 is 23.2 Å². The summed E-state index contributed by atoms with van der Waals surface area (Å²) >= 11 is 1.47. The van der Waals surface area contributed by atoms with E-state index in [0.29, 0.717) is 13.1 Å². The fourth-order valence-corrected chi connectivity index (χ4v) is 3.59. The third kappa shape index (κ3) is 5.60. The Kier molecular flexibility index (Phi) is 6.40. The van der Waals surface area contributed by atoms with Crippen LogP contribution in [0.1, 0.15) is 49.7 Å². The van der Waals surface area contributed by atoms with Crippen molar-refractivity contribution in [3.8, 4) is 0 Å². The van der Waals surface area contributed by atoms with E-state index in [0.717, 1.165) is 30.7 Å². The predicted molar refractivity (Wildman–Crippen MR) is 96.7 cm³/mol. The molecule has 1 atom stereocenters. The molecule has 134 valence electrons. The molecule has 0 bridgehead atoms. The average molecular weight is 353 g/mol. The van der Waals surface area contributed by atoms with Gasteiger partial charge in [-0.3, -0.25) is 9.69 Å². The van der Waals surface area contributed by atoms with Crippen molar-refractivity contribution in [1.82, 2.24) is 9.80 Å². The molecule has 1 aromatic heterocycles. The van der Waals surface area contributed by atoms with Gasteiger partial charge in [0, 0.05) is 19.1 Å². The first-order valence-corrected chi connectivity index (χ1v) is 9.39. The summed E-state index contributed by atoms with van der Waals surface area (Å²) in [7, 11) is 1.94. The van der Waals surface area contributed by atoms with Gasteiger partial charge in [-0.2, -0.15) is 0 Å². The van der Waals surface area contributed by atoms with E-state index >= 15 is 0 Å². The Labute approximate surface area is 148 Å². The number of Topliss-reactive ketones (excluding diaryl/α,β-unsaturated/α-hetero) is 1. The molecule has 5 nitrogen and oxygen atoms in total. The number of thiophene rings is 1. The smallest absolute Gasteiger partial charge is 0.410 e. The maximum Gasteiger partial charge on any atom is 0.410 e. The number of piperidine rings is 1. The van der Waals surface area contributed by atoms with Gasteiger partial charge in [0.2, 0.25) is 0 Å². The molecule has 1 amide bonds. The van der Waals surface area contributed by atoms with Gasteiger partial charge in [-0.05, 0) is 58.5 Å². The van der Waals surface area contributed by atoms with Crippen molar-refractivity contribution in [2.24, 2.45) is 0 Å². The Morgan fingerprint density at radius 1 is 1.38 bits per heavy atom. The highest BCUT2D eigenvalue weighted by molar-refractivity contribution is 7.12. The topological polar surface area (TPSA) is 49.9 Å². The second-order valence-corrected chi connectivity index (χ2v) is 8.37. The van der Waals surface area contributed by atoms with E-state index < -0.39 is 5.60 Å². The maximum atomic E-state index is 12.4. The molecule has 24 heavy (non-hydrogen) atoms. The van der Waals surface area contributed by atoms with E-state index in [-0.39, 0.29) is 17.9 Å². The maximum absolute atomic E-state index is 12.4. The van der Waals surface area contributed by atoms with Gasteiger partial charge in [0.1, 0.15) is 5.60 Å². The number of amides is 1. The van der Waals surface area contributed by atoms with Gasteiger partial charge < -0.3 is 9.64 Å². The highest BCUT2D eigenvalue weighted by Gasteiger charge is 2.31. The minimum Gasteiger partial charge on any atom is -0.444 e. The first-order chi connectivity index (χ1) is 11.3. The molecule has 0 radical (unpaired) electrons. The summed E-state index contributed by atoms with van der Waals surface area (Å²) in [5.41, 5.74) is -0.486. The van der Waals surface area contributed by atoms with Crippen molar-refractivity contribution in [3.05, 3.63) is 22.4 Å². The normalized spacial score (nSPS) is 18.7. The summed E-state index contributed by atoms with van der Waals surface area (Å²) in [4.78, 5) is 29.3. The molecule has 2 heterocycles. The van der Waals surface area contributed by atoms with E-state index in [9.17, 15) is 9.59 Å². The zero-order valence-corrected chi connectivity index (χ0v) is 15.9. The number of likely N-dealkylation sites (N-methyl/N-ethyl adjacent to an activating group) is 1. The van der Waals surface area contributed by atoms with Gasteiger partial charge in [-0.15, -0.1) is 11.3 Å². The molecule has 0 unspecified atom stereocenters. The standard InChI is InChI=1S/C18H28N2O3S/c1-18(2,3)23-17(22)20-10-6-5-8-14(20)12-19(4)13-15(21)16-9-7-11-24-16/h7,9,11,14H,5-6,8,10,12-13H2,1-4H3/t14-/m1/s1. The van der Waals surface area contributed by atoms with Gasteiger partial charge in [-0.1, -0.05) is 6.07 Å². The van der Waals surface area contributed by atoms with Crippen LogP contribution in [0.5, 0.6) is 0 Å². The number of carbonyl (C=O) groups excluding carboxylic acids is 2. The highest BCUT2D eigenvalue weighted by Crippen LogP contribution is 2.21. The van der Waals surface area contributed by atoms with Crippen LogP contribution < -0.4 is 0 Å². The second kappa shape index (κ2) is 8.12. The zero-order valence-electron chi connectivity index (χ0n) is 15.1. The minimum atomic E-state index is -0.486. The molecule has 2 rings (SSSR count). The van der Waals surface area contributed by atoms with Crippen LogP contribution in [0.2, 0.25) is 0 Å². The van der Waals surface area contributed by atoms with E-state index in [1.807, 2.05) is 55.1 Å². The summed E-state index contributed by atoms with van der Waals surface area (Å²) in [6.45, 7) is 7.45. The molecular weight excluding hydrogens is 324 g/mol. The van der Waals surface area contributed by atoms with Crippen LogP contribution in [-0.4, -0.2) is 60.0 Å². The molecule has 0 aromatic carbocycles. The molecule has 0 saturated carbocycles. The summed E-state index contributed by atoms with van der Waals surface area (Å²) in [5, 5.41) is 1.92. The largest absolute Gasteiger partial charge is 0.444 e. The quantitative estimate of drug-likeness (QED) is 0.759. The number of nitrogens with zero attached hydrogens (tertiary/aromatic N) is 2. The molecule has 1 aliphatic rings. The van der Waals surface area contributed by atoms with E-state index in [2.05, 4.69) is 0 Å². The number of ketones is 1. The van der Waals surface area contributed by atoms with E-state index in [1.54, 1.807) is 0 Å². The van der Waals surface area contributed by atoms with Crippen molar-refractivity contribution < 1.29 is 14.3 Å². The molecule has 1 saturated heterocycles. The fourth-order valence-electron chi connectivity index (χ4n) is 2.94. The Morgan fingerprint density at radius 2 is 2.12 bits per heavy atom. The lowest BCUT2D eigenvalue weighted by Crippen LogP contribution is -2.50. The van der Waals surface area contributed by atoms with Crippen LogP contribution in [0.15, 0.2) is 17.5 Å². The highest BCUT2D eigenvalue weighted by atomic mass is 32.1. The Balaban J connectivity index is 1.92. The predicted octanol–water partition coefficient (Wildman–Crippen LogP) is 3.65. The lowest BCUT2D eigenvalue weighted by molar-refractivity contribution is 0.00639. The van der Waals surface area contributed by atoms with Gasteiger partial charge in [0.05, 0.1) is 11.4 Å². The Hall–Kier alpha value is -1.40. The van der Waals surface area contributed by atoms with Crippen LogP contribution >= 0.6 is 11.3 Å². The Morgan fingerprint density at radius 3 is 2.75 bits per heavy atom. The number of hydrogen-bond acceptors (Lipinski definition) is 5. The monoisotopic (exact) mass is 352 g/mol. The van der Waals surface area contributed by atoms with E-state index in [4.69, 9.17) is 4.74 Å². The number of hydrogen-bond donors (Lipinski definition) is 0. The number of rotatable bonds is 5. The van der Waals surface area contributed by atoms with Crippen LogP contribution in [-0.2, 0) is 4.74 Å². The molecule has 0 spiro atoms. The van der Waals surface area contributed by atoms with Gasteiger partial charge in [-0.25, -0.2) is 4.79 Å². The molecule has 0 N–H and O–H groups in total. The lowest BCUT2D eigenvalue weighted by Gasteiger charge is -2.38. The Bertz CT molecular complexity index is 551. The number of ether oxygens (including phenoxy) is 1. The van der Waals surface area contributed by atoms with Gasteiger partial charge >= 0.3 is 6.09 Å². The SMILES string of the molecule is CN(CC(=O)c1cccs1)C[C@H]1CCCCN1C(=O)OC(C)(C)C. The first kappa shape index (κ1) is 18.9. The molecule has 1 aromatic rings. The third-order valence-corrected chi connectivity index (χ3v) is 4.90. The van der Waals surface area contributed by atoms with Crippen LogP contribution in [0.3, 0.4) is 0 Å². The molecule has 0 aliphatic carbocycles. The van der Waals surface area contributed by atoms with Crippen molar-refractivity contribution in [3.63, 3.8) is 0 Å². The molecule has 1 aliphatic heterocycles. The number of likely N-dealkylation sites (tertiary alicyclic amines) is 1. The van der Waals surface area contributed by atoms with Gasteiger partial charge in [0.15, 0.2) is 5.78 Å². The third-order valence-electron chi connectivity index (χ3n) is 3.99. The van der Waals surface area contributed by atoms with Crippen molar-refractivity contribution in [2.45, 2.75) is 51.7 Å². The summed E-state index contributed by atoms with van der Waals surface area (Å²) in [6.07, 6.45) is 2.83. The summed E-state index contributed by atoms with van der Waals surface area (Å²) in [5.74, 6) is 0.132. The summed E-state index contributed by atoms with van der Waals surface area (Å²) in [6, 6.07) is 3.85. The van der Waals surface area contributed by atoms with Crippen LogP contribution in [0, 0.1) is 0 Å². The molecule has 1 fully saturated rings. The van der Waals surface area contributed by atoms with E-state index in [1.165, 1.54) is 11.3 Å².